The van der Waals surface area contributed by atoms with Gasteiger partial charge in [-0.3, -0.25) is 9.59 Å². The van der Waals surface area contributed by atoms with Gasteiger partial charge in [0.1, 0.15) is 5.41 Å². The lowest BCUT2D eigenvalue weighted by Crippen LogP contribution is -2.54. The van der Waals surface area contributed by atoms with Crippen molar-refractivity contribution in [2.24, 2.45) is 5.41 Å². The number of carbonyl (C=O) groups is 2. The average Bonchev–Trinajstić information content (AvgIpc) is 2.62. The molecule has 0 radical (unpaired) electrons. The Hall–Kier alpha value is -1.10. The minimum Gasteiger partial charge on any atom is -0.480 e. The Morgan fingerprint density at radius 3 is 2.44 bits per heavy atom. The largest absolute Gasteiger partial charge is 0.480 e. The summed E-state index contributed by atoms with van der Waals surface area (Å²) >= 11 is 0. The maximum Gasteiger partial charge on any atom is 0.319 e. The monoisotopic (exact) mass is 227 g/mol. The number of aliphatic carboxylic acids is 1. The van der Waals surface area contributed by atoms with Crippen LogP contribution in [0.5, 0.6) is 0 Å². The molecule has 0 aromatic rings. The standard InChI is InChI=1S/C11H17NO4/c13-7-8-3-1-6-12(8)9(14)11(10(15)16)4-2-5-11/h8,13H,1-7H2,(H,15,16). The second kappa shape index (κ2) is 4.05. The van der Waals surface area contributed by atoms with E-state index in [4.69, 9.17) is 10.2 Å². The smallest absolute Gasteiger partial charge is 0.319 e. The number of hydrogen-bond donors (Lipinski definition) is 2. The van der Waals surface area contributed by atoms with Gasteiger partial charge in [-0.05, 0) is 25.7 Å². The quantitative estimate of drug-likeness (QED) is 0.676. The molecule has 1 unspecified atom stereocenters. The van der Waals surface area contributed by atoms with Gasteiger partial charge in [0.05, 0.1) is 12.6 Å². The van der Waals surface area contributed by atoms with Crippen LogP contribution in [0.25, 0.3) is 0 Å². The van der Waals surface area contributed by atoms with Gasteiger partial charge in [-0.25, -0.2) is 0 Å². The van der Waals surface area contributed by atoms with Crippen molar-refractivity contribution in [2.45, 2.75) is 38.1 Å². The van der Waals surface area contributed by atoms with Gasteiger partial charge in [-0.15, -0.1) is 0 Å². The van der Waals surface area contributed by atoms with Crippen LogP contribution in [0.4, 0.5) is 0 Å². The number of carbonyl (C=O) groups excluding carboxylic acids is 1. The van der Waals surface area contributed by atoms with Crippen molar-refractivity contribution in [3.05, 3.63) is 0 Å². The Kier molecular flexibility index (Phi) is 2.88. The molecule has 5 heteroatoms. The van der Waals surface area contributed by atoms with Gasteiger partial charge >= 0.3 is 5.97 Å². The SMILES string of the molecule is O=C(O)C1(C(=O)N2CCCC2CO)CCC1. The summed E-state index contributed by atoms with van der Waals surface area (Å²) in [6.45, 7) is 0.514. The Morgan fingerprint density at radius 1 is 1.31 bits per heavy atom. The molecule has 90 valence electrons. The highest BCUT2D eigenvalue weighted by Gasteiger charge is 2.54. The van der Waals surface area contributed by atoms with E-state index in [1.54, 1.807) is 4.90 Å². The van der Waals surface area contributed by atoms with E-state index in [0.717, 1.165) is 19.3 Å². The van der Waals surface area contributed by atoms with Crippen LogP contribution in [-0.4, -0.2) is 46.2 Å². The van der Waals surface area contributed by atoms with Crippen molar-refractivity contribution < 1.29 is 19.8 Å². The van der Waals surface area contributed by atoms with Crippen LogP contribution in [0.2, 0.25) is 0 Å². The zero-order valence-electron chi connectivity index (χ0n) is 9.19. The summed E-state index contributed by atoms with van der Waals surface area (Å²) in [7, 11) is 0. The molecule has 1 heterocycles. The van der Waals surface area contributed by atoms with Crippen LogP contribution in [0, 0.1) is 5.41 Å². The molecule has 2 fully saturated rings. The molecule has 1 atom stereocenters. The fourth-order valence-electron chi connectivity index (χ4n) is 2.62. The molecule has 1 aliphatic carbocycles. The Balaban J connectivity index is 2.14. The van der Waals surface area contributed by atoms with Gasteiger partial charge in [0, 0.05) is 6.54 Å². The van der Waals surface area contributed by atoms with E-state index in [2.05, 4.69) is 0 Å². The highest BCUT2D eigenvalue weighted by Crippen LogP contribution is 2.43. The van der Waals surface area contributed by atoms with E-state index in [0.29, 0.717) is 19.4 Å². The summed E-state index contributed by atoms with van der Waals surface area (Å²) in [6, 6.07) is -0.177. The topological polar surface area (TPSA) is 77.8 Å². The number of aliphatic hydroxyl groups is 1. The van der Waals surface area contributed by atoms with Crippen molar-refractivity contribution in [3.8, 4) is 0 Å². The van der Waals surface area contributed by atoms with Gasteiger partial charge in [-0.2, -0.15) is 0 Å². The maximum absolute atomic E-state index is 12.2. The summed E-state index contributed by atoms with van der Waals surface area (Å²) in [5.41, 5.74) is -1.18. The highest BCUT2D eigenvalue weighted by molar-refractivity contribution is 6.03. The van der Waals surface area contributed by atoms with Crippen LogP contribution in [0.1, 0.15) is 32.1 Å². The summed E-state index contributed by atoms with van der Waals surface area (Å²) in [5.74, 6) is -1.30. The first-order valence-corrected chi connectivity index (χ1v) is 5.77. The molecule has 5 nitrogen and oxygen atoms in total. The van der Waals surface area contributed by atoms with Gasteiger partial charge < -0.3 is 15.1 Å². The summed E-state index contributed by atoms with van der Waals surface area (Å²) in [5, 5.41) is 18.3. The van der Waals surface area contributed by atoms with Crippen molar-refractivity contribution in [1.82, 2.24) is 4.90 Å². The van der Waals surface area contributed by atoms with Crippen molar-refractivity contribution >= 4 is 11.9 Å². The number of carboxylic acids is 1. The van der Waals surface area contributed by atoms with Crippen LogP contribution in [-0.2, 0) is 9.59 Å². The van der Waals surface area contributed by atoms with Gasteiger partial charge in [0.2, 0.25) is 5.91 Å². The van der Waals surface area contributed by atoms with Gasteiger partial charge in [0.25, 0.3) is 0 Å². The number of aliphatic hydroxyl groups excluding tert-OH is 1. The maximum atomic E-state index is 12.2. The Morgan fingerprint density at radius 2 is 2.00 bits per heavy atom. The summed E-state index contributed by atoms with van der Waals surface area (Å²) in [4.78, 5) is 24.9. The van der Waals surface area contributed by atoms with Crippen molar-refractivity contribution in [1.29, 1.82) is 0 Å². The number of amides is 1. The van der Waals surface area contributed by atoms with Crippen molar-refractivity contribution in [3.63, 3.8) is 0 Å². The van der Waals surface area contributed by atoms with Crippen LogP contribution >= 0.6 is 0 Å². The zero-order chi connectivity index (χ0) is 11.8. The first-order chi connectivity index (χ1) is 7.62. The number of hydrogen-bond acceptors (Lipinski definition) is 3. The second-order valence-electron chi connectivity index (χ2n) is 4.72. The lowest BCUT2D eigenvalue weighted by molar-refractivity contribution is -0.168. The Labute approximate surface area is 94.0 Å². The second-order valence-corrected chi connectivity index (χ2v) is 4.72. The first kappa shape index (κ1) is 11.4. The molecule has 1 saturated carbocycles. The number of rotatable bonds is 3. The van der Waals surface area contributed by atoms with E-state index < -0.39 is 11.4 Å². The molecule has 0 aromatic carbocycles. The first-order valence-electron chi connectivity index (χ1n) is 5.77. The average molecular weight is 227 g/mol. The molecule has 0 aromatic heterocycles. The molecule has 0 spiro atoms. The minimum atomic E-state index is -1.18. The van der Waals surface area contributed by atoms with E-state index in [1.165, 1.54) is 0 Å². The van der Waals surface area contributed by atoms with Crippen molar-refractivity contribution in [2.75, 3.05) is 13.2 Å². The number of nitrogens with zero attached hydrogens (tertiary/aromatic N) is 1. The molecular formula is C11H17NO4. The van der Waals surface area contributed by atoms with E-state index in [1.807, 2.05) is 0 Å². The third-order valence-corrected chi connectivity index (χ3v) is 3.87. The van der Waals surface area contributed by atoms with Crippen LogP contribution in [0.3, 0.4) is 0 Å². The third kappa shape index (κ3) is 1.50. The zero-order valence-corrected chi connectivity index (χ0v) is 9.19. The molecule has 2 rings (SSSR count). The van der Waals surface area contributed by atoms with Crippen LogP contribution in [0.15, 0.2) is 0 Å². The fraction of sp³-hybridized carbons (Fsp3) is 0.818. The molecule has 2 N–H and O–H groups in total. The fourth-order valence-corrected chi connectivity index (χ4v) is 2.62. The summed E-state index contributed by atoms with van der Waals surface area (Å²) < 4.78 is 0. The lowest BCUT2D eigenvalue weighted by atomic mass is 9.67. The predicted molar refractivity (Wildman–Crippen MR) is 55.7 cm³/mol. The molecule has 16 heavy (non-hydrogen) atoms. The molecule has 2 aliphatic rings. The molecule has 1 amide bonds. The van der Waals surface area contributed by atoms with E-state index >= 15 is 0 Å². The van der Waals surface area contributed by atoms with Gasteiger partial charge in [-0.1, -0.05) is 6.42 Å². The van der Waals surface area contributed by atoms with E-state index in [-0.39, 0.29) is 18.6 Å². The number of likely N-dealkylation sites (tertiary alicyclic amines) is 1. The summed E-state index contributed by atoms with van der Waals surface area (Å²) in [6.07, 6.45) is 3.31. The molecule has 1 saturated heterocycles. The minimum absolute atomic E-state index is 0.0680. The molecular weight excluding hydrogens is 210 g/mol. The number of carboxylic acid groups (broad SMARTS) is 1. The van der Waals surface area contributed by atoms with Gasteiger partial charge in [0.15, 0.2) is 0 Å². The van der Waals surface area contributed by atoms with Crippen LogP contribution < -0.4 is 0 Å². The third-order valence-electron chi connectivity index (χ3n) is 3.87. The molecule has 1 aliphatic heterocycles. The highest BCUT2D eigenvalue weighted by atomic mass is 16.4. The normalized spacial score (nSPS) is 27.6. The Bertz CT molecular complexity index is 311. The van der Waals surface area contributed by atoms with E-state index in [9.17, 15) is 9.59 Å². The lowest BCUT2D eigenvalue weighted by Gasteiger charge is -2.40. The molecule has 0 bridgehead atoms. The predicted octanol–water partition coefficient (Wildman–Crippen LogP) is 0.225.